The van der Waals surface area contributed by atoms with Gasteiger partial charge in [0.1, 0.15) is 0 Å². The summed E-state index contributed by atoms with van der Waals surface area (Å²) in [5.74, 6) is 0.0127. The molecular formula is C28H30N2O. The lowest BCUT2D eigenvalue weighted by Crippen LogP contribution is -2.38. The lowest BCUT2D eigenvalue weighted by molar-refractivity contribution is 0.103. The third-order valence-corrected chi connectivity index (χ3v) is 8.03. The Hall–Kier alpha value is -2.65. The number of benzene rings is 3. The van der Waals surface area contributed by atoms with Gasteiger partial charge in [-0.3, -0.25) is 9.69 Å². The van der Waals surface area contributed by atoms with E-state index in [0.717, 1.165) is 29.6 Å². The fourth-order valence-electron chi connectivity index (χ4n) is 6.16. The second-order valence-corrected chi connectivity index (χ2v) is 9.93. The van der Waals surface area contributed by atoms with E-state index in [1.165, 1.54) is 73.7 Å². The van der Waals surface area contributed by atoms with Crippen LogP contribution >= 0.6 is 0 Å². The molecule has 3 nitrogen and oxygen atoms in total. The third kappa shape index (κ3) is 3.45. The lowest BCUT2D eigenvalue weighted by atomic mass is 9.77. The molecule has 3 aliphatic rings. The monoisotopic (exact) mass is 410 g/mol. The fraction of sp³-hybridized carbons (Fsp3) is 0.393. The van der Waals surface area contributed by atoms with Crippen LogP contribution in [-0.4, -0.2) is 23.9 Å². The predicted octanol–water partition coefficient (Wildman–Crippen LogP) is 6.15. The molecule has 3 aromatic carbocycles. The number of hydrogen-bond acceptors (Lipinski definition) is 2. The molecule has 158 valence electrons. The first kappa shape index (κ1) is 19.1. The summed E-state index contributed by atoms with van der Waals surface area (Å²) < 4.78 is 0. The number of nitrogens with zero attached hydrogens (tertiary/aromatic N) is 1. The zero-order valence-electron chi connectivity index (χ0n) is 18.1. The van der Waals surface area contributed by atoms with Crippen molar-refractivity contribution in [2.75, 3.05) is 18.4 Å². The van der Waals surface area contributed by atoms with Crippen LogP contribution in [0.2, 0.25) is 0 Å². The van der Waals surface area contributed by atoms with Crippen LogP contribution in [0, 0.1) is 5.41 Å². The predicted molar refractivity (Wildman–Crippen MR) is 127 cm³/mol. The van der Waals surface area contributed by atoms with Crippen molar-refractivity contribution < 1.29 is 4.79 Å². The molecule has 2 heterocycles. The van der Waals surface area contributed by atoms with Gasteiger partial charge in [-0.15, -0.1) is 0 Å². The molecule has 0 atom stereocenters. The van der Waals surface area contributed by atoms with Gasteiger partial charge in [-0.1, -0.05) is 55.3 Å². The molecule has 0 radical (unpaired) electrons. The highest BCUT2D eigenvalue weighted by Crippen LogP contribution is 2.46. The van der Waals surface area contributed by atoms with Crippen molar-refractivity contribution in [3.8, 4) is 0 Å². The van der Waals surface area contributed by atoms with Gasteiger partial charge in [0.25, 0.3) is 5.91 Å². The topological polar surface area (TPSA) is 32.3 Å². The average molecular weight is 411 g/mol. The number of anilines is 1. The van der Waals surface area contributed by atoms with Gasteiger partial charge >= 0.3 is 0 Å². The van der Waals surface area contributed by atoms with Gasteiger partial charge in [0.05, 0.1) is 0 Å². The molecule has 0 unspecified atom stereocenters. The average Bonchev–Trinajstić information content (AvgIpc) is 3.39. The maximum atomic E-state index is 12.2. The van der Waals surface area contributed by atoms with Crippen molar-refractivity contribution in [3.05, 3.63) is 76.9 Å². The first-order chi connectivity index (χ1) is 15.2. The van der Waals surface area contributed by atoms with Gasteiger partial charge < -0.3 is 5.32 Å². The Morgan fingerprint density at radius 1 is 0.839 bits per heavy atom. The van der Waals surface area contributed by atoms with Crippen LogP contribution in [0.5, 0.6) is 0 Å². The molecule has 1 spiro atoms. The van der Waals surface area contributed by atoms with Crippen LogP contribution in [0.25, 0.3) is 10.8 Å². The highest BCUT2D eigenvalue weighted by Gasteiger charge is 2.36. The van der Waals surface area contributed by atoms with Crippen molar-refractivity contribution in [2.45, 2.75) is 51.5 Å². The van der Waals surface area contributed by atoms with Gasteiger partial charge in [0.2, 0.25) is 0 Å². The summed E-state index contributed by atoms with van der Waals surface area (Å²) in [4.78, 5) is 14.8. The first-order valence-corrected chi connectivity index (χ1v) is 11.9. The number of piperidine rings is 1. The third-order valence-electron chi connectivity index (χ3n) is 8.03. The van der Waals surface area contributed by atoms with E-state index in [2.05, 4.69) is 46.6 Å². The van der Waals surface area contributed by atoms with E-state index in [9.17, 15) is 4.79 Å². The number of hydrogen-bond donors (Lipinski definition) is 1. The Bertz CT molecular complexity index is 1130. The van der Waals surface area contributed by atoms with Gasteiger partial charge in [0.15, 0.2) is 0 Å². The van der Waals surface area contributed by atoms with Crippen molar-refractivity contribution in [2.24, 2.45) is 5.41 Å². The van der Waals surface area contributed by atoms with Gasteiger partial charge in [-0.25, -0.2) is 0 Å². The maximum Gasteiger partial charge on any atom is 0.256 e. The maximum absolute atomic E-state index is 12.2. The highest BCUT2D eigenvalue weighted by molar-refractivity contribution is 6.24. The molecule has 6 rings (SSSR count). The summed E-state index contributed by atoms with van der Waals surface area (Å²) in [6.45, 7) is 3.59. The summed E-state index contributed by atoms with van der Waals surface area (Å²) >= 11 is 0. The molecule has 1 saturated carbocycles. The smallest absolute Gasteiger partial charge is 0.256 e. The first-order valence-electron chi connectivity index (χ1n) is 11.9. The van der Waals surface area contributed by atoms with Crippen molar-refractivity contribution in [1.82, 2.24) is 4.90 Å². The summed E-state index contributed by atoms with van der Waals surface area (Å²) in [5.41, 5.74) is 6.45. The minimum absolute atomic E-state index is 0.0127. The zero-order chi connectivity index (χ0) is 20.8. The molecule has 1 N–H and O–H groups in total. The molecule has 0 bridgehead atoms. The van der Waals surface area contributed by atoms with Crippen molar-refractivity contribution in [1.29, 1.82) is 0 Å². The van der Waals surface area contributed by atoms with E-state index in [1.807, 2.05) is 18.2 Å². The molecule has 3 heteroatoms. The highest BCUT2D eigenvalue weighted by atomic mass is 16.1. The second-order valence-electron chi connectivity index (χ2n) is 9.93. The number of carbonyl (C=O) groups excluding carboxylic acids is 1. The van der Waals surface area contributed by atoms with Crippen molar-refractivity contribution >= 4 is 22.4 Å². The Morgan fingerprint density at radius 2 is 1.58 bits per heavy atom. The largest absolute Gasteiger partial charge is 0.321 e. The number of amides is 1. The quantitative estimate of drug-likeness (QED) is 0.559. The summed E-state index contributed by atoms with van der Waals surface area (Å²) in [7, 11) is 0. The van der Waals surface area contributed by atoms with Crippen LogP contribution < -0.4 is 5.32 Å². The Morgan fingerprint density at radius 3 is 2.35 bits per heavy atom. The number of likely N-dealkylation sites (tertiary alicyclic amines) is 1. The molecule has 3 aromatic rings. The Labute approximate surface area is 184 Å². The van der Waals surface area contributed by atoms with Crippen molar-refractivity contribution in [3.63, 3.8) is 0 Å². The van der Waals surface area contributed by atoms with Crippen LogP contribution in [0.4, 0.5) is 5.69 Å². The SMILES string of the molecule is O=C1Nc2ccc(Cc3ccc(CN4CCC5(CCCC5)CC4)cc3)c3cccc1c23. The molecule has 1 amide bonds. The molecule has 1 saturated heterocycles. The van der Waals surface area contributed by atoms with Crippen LogP contribution in [0.1, 0.15) is 65.6 Å². The second kappa shape index (κ2) is 7.49. The summed E-state index contributed by atoms with van der Waals surface area (Å²) in [5, 5.41) is 5.24. The van der Waals surface area contributed by atoms with Gasteiger partial charge in [0, 0.05) is 23.2 Å². The van der Waals surface area contributed by atoms with E-state index < -0.39 is 0 Å². The molecule has 1 aliphatic carbocycles. The molecule has 2 fully saturated rings. The Kier molecular flexibility index (Phi) is 4.61. The minimum Gasteiger partial charge on any atom is -0.321 e. The van der Waals surface area contributed by atoms with E-state index in [0.29, 0.717) is 5.41 Å². The van der Waals surface area contributed by atoms with Crippen LogP contribution in [0.15, 0.2) is 54.6 Å². The van der Waals surface area contributed by atoms with E-state index >= 15 is 0 Å². The standard InChI is InChI=1S/C28H30N2O/c31-27-24-5-3-4-23-22(10-11-25(29-27)26(23)24)18-20-6-8-21(9-7-20)19-30-16-14-28(15-17-30)12-1-2-13-28/h3-11H,1-2,12-19H2,(H,29,31). The molecule has 0 aromatic heterocycles. The van der Waals surface area contributed by atoms with Gasteiger partial charge in [-0.2, -0.15) is 0 Å². The molecular weight excluding hydrogens is 380 g/mol. The molecule has 2 aliphatic heterocycles. The summed E-state index contributed by atoms with van der Waals surface area (Å²) in [6, 6.07) is 19.4. The van der Waals surface area contributed by atoms with Crippen LogP contribution in [0.3, 0.4) is 0 Å². The van der Waals surface area contributed by atoms with Gasteiger partial charge in [-0.05, 0) is 84.8 Å². The van der Waals surface area contributed by atoms with E-state index in [4.69, 9.17) is 0 Å². The minimum atomic E-state index is 0.0127. The van der Waals surface area contributed by atoms with Crippen LogP contribution in [-0.2, 0) is 13.0 Å². The van der Waals surface area contributed by atoms with E-state index in [1.54, 1.807) is 0 Å². The fourth-order valence-corrected chi connectivity index (χ4v) is 6.16. The number of nitrogens with one attached hydrogen (secondary N) is 1. The normalized spacial score (nSPS) is 19.9. The Balaban J connectivity index is 1.15. The number of carbonyl (C=O) groups is 1. The summed E-state index contributed by atoms with van der Waals surface area (Å²) in [6.07, 6.45) is 9.52. The zero-order valence-corrected chi connectivity index (χ0v) is 18.1. The lowest BCUT2D eigenvalue weighted by Gasteiger charge is -2.39. The van der Waals surface area contributed by atoms with E-state index in [-0.39, 0.29) is 5.91 Å². The number of rotatable bonds is 4. The molecule has 31 heavy (non-hydrogen) atoms.